The normalized spacial score (nSPS) is 17.7. The third-order valence-corrected chi connectivity index (χ3v) is 4.13. The van der Waals surface area contributed by atoms with Crippen molar-refractivity contribution < 1.29 is 4.79 Å². The highest BCUT2D eigenvalue weighted by atomic mass is 16.2. The molecule has 2 rings (SSSR count). The Morgan fingerprint density at radius 1 is 1.29 bits per heavy atom. The Hall–Kier alpha value is -1.43. The van der Waals surface area contributed by atoms with Crippen LogP contribution in [-0.2, 0) is 17.8 Å². The summed E-state index contributed by atoms with van der Waals surface area (Å²) in [6.07, 6.45) is 5.58. The lowest BCUT2D eigenvalue weighted by Crippen LogP contribution is -2.39. The van der Waals surface area contributed by atoms with Crippen molar-refractivity contribution in [2.75, 3.05) is 6.54 Å². The van der Waals surface area contributed by atoms with Crippen molar-refractivity contribution in [1.29, 1.82) is 0 Å². The zero-order valence-corrected chi connectivity index (χ0v) is 13.4. The van der Waals surface area contributed by atoms with E-state index in [0.29, 0.717) is 12.6 Å². The molecule has 1 aliphatic rings. The highest BCUT2D eigenvalue weighted by Crippen LogP contribution is 2.18. The zero-order chi connectivity index (χ0) is 15.2. The first-order valence-electron chi connectivity index (χ1n) is 8.06. The van der Waals surface area contributed by atoms with Gasteiger partial charge in [-0.2, -0.15) is 0 Å². The van der Waals surface area contributed by atoms with E-state index in [1.54, 1.807) is 0 Å². The van der Waals surface area contributed by atoms with Crippen LogP contribution in [0.1, 0.15) is 64.1 Å². The predicted octanol–water partition coefficient (Wildman–Crippen LogP) is 1.57. The first-order chi connectivity index (χ1) is 10.1. The van der Waals surface area contributed by atoms with Crippen LogP contribution in [0.3, 0.4) is 0 Å². The SMILES string of the molecule is CCC(C)NCC(=O)NC(C)c1nnc2n1CCCCC2. The van der Waals surface area contributed by atoms with Gasteiger partial charge in [-0.1, -0.05) is 13.3 Å². The average Bonchev–Trinajstić information content (AvgIpc) is 2.74. The highest BCUT2D eigenvalue weighted by Gasteiger charge is 2.20. The van der Waals surface area contributed by atoms with Crippen molar-refractivity contribution in [3.8, 4) is 0 Å². The molecule has 2 atom stereocenters. The molecule has 0 fully saturated rings. The van der Waals surface area contributed by atoms with Crippen molar-refractivity contribution in [3.63, 3.8) is 0 Å². The topological polar surface area (TPSA) is 71.8 Å². The van der Waals surface area contributed by atoms with Crippen LogP contribution in [0.4, 0.5) is 0 Å². The number of aromatic nitrogens is 3. The standard InChI is InChI=1S/C15H27N5O/c1-4-11(2)16-10-14(21)17-12(3)15-19-18-13-8-6-5-7-9-20(13)15/h11-12,16H,4-10H2,1-3H3,(H,17,21). The number of aryl methyl sites for hydroxylation is 1. The fraction of sp³-hybridized carbons (Fsp3) is 0.800. The number of amides is 1. The number of hydrogen-bond donors (Lipinski definition) is 2. The molecule has 1 aromatic heterocycles. The van der Waals surface area contributed by atoms with E-state index in [2.05, 4.69) is 39.2 Å². The van der Waals surface area contributed by atoms with Crippen LogP contribution >= 0.6 is 0 Å². The summed E-state index contributed by atoms with van der Waals surface area (Å²) in [4.78, 5) is 12.0. The third kappa shape index (κ3) is 4.27. The molecule has 1 aromatic rings. The van der Waals surface area contributed by atoms with E-state index in [0.717, 1.165) is 37.5 Å². The van der Waals surface area contributed by atoms with E-state index in [1.807, 2.05) is 6.92 Å². The van der Waals surface area contributed by atoms with Crippen molar-refractivity contribution in [2.45, 2.75) is 71.5 Å². The Kier molecular flexibility index (Phi) is 5.73. The fourth-order valence-electron chi connectivity index (χ4n) is 2.60. The van der Waals surface area contributed by atoms with E-state index in [9.17, 15) is 4.79 Å². The summed E-state index contributed by atoms with van der Waals surface area (Å²) >= 11 is 0. The van der Waals surface area contributed by atoms with Gasteiger partial charge >= 0.3 is 0 Å². The summed E-state index contributed by atoms with van der Waals surface area (Å²) in [6.45, 7) is 7.46. The molecule has 6 nitrogen and oxygen atoms in total. The Morgan fingerprint density at radius 2 is 2.10 bits per heavy atom. The van der Waals surface area contributed by atoms with E-state index in [4.69, 9.17) is 0 Å². The molecule has 2 heterocycles. The zero-order valence-electron chi connectivity index (χ0n) is 13.4. The molecule has 1 amide bonds. The van der Waals surface area contributed by atoms with Crippen molar-refractivity contribution >= 4 is 5.91 Å². The number of carbonyl (C=O) groups excluding carboxylic acids is 1. The summed E-state index contributed by atoms with van der Waals surface area (Å²) in [6, 6.07) is 0.256. The molecule has 21 heavy (non-hydrogen) atoms. The molecule has 0 radical (unpaired) electrons. The van der Waals surface area contributed by atoms with Gasteiger partial charge < -0.3 is 15.2 Å². The van der Waals surface area contributed by atoms with Gasteiger partial charge in [0.25, 0.3) is 0 Å². The minimum Gasteiger partial charge on any atom is -0.345 e. The number of hydrogen-bond acceptors (Lipinski definition) is 4. The van der Waals surface area contributed by atoms with Gasteiger partial charge in [0.15, 0.2) is 5.82 Å². The van der Waals surface area contributed by atoms with E-state index in [-0.39, 0.29) is 11.9 Å². The molecule has 1 aliphatic heterocycles. The first-order valence-corrected chi connectivity index (χ1v) is 8.06. The maximum atomic E-state index is 12.0. The Balaban J connectivity index is 1.92. The maximum Gasteiger partial charge on any atom is 0.234 e. The Labute approximate surface area is 126 Å². The van der Waals surface area contributed by atoms with Crippen LogP contribution in [0.5, 0.6) is 0 Å². The lowest BCUT2D eigenvalue weighted by molar-refractivity contribution is -0.121. The maximum absolute atomic E-state index is 12.0. The molecule has 0 saturated carbocycles. The molecule has 2 unspecified atom stereocenters. The molecular weight excluding hydrogens is 266 g/mol. The number of nitrogens with one attached hydrogen (secondary N) is 2. The summed E-state index contributed by atoms with van der Waals surface area (Å²) in [7, 11) is 0. The van der Waals surface area contributed by atoms with Crippen LogP contribution < -0.4 is 10.6 Å². The van der Waals surface area contributed by atoms with E-state index >= 15 is 0 Å². The second-order valence-electron chi connectivity index (χ2n) is 5.92. The largest absolute Gasteiger partial charge is 0.345 e. The fourth-order valence-corrected chi connectivity index (χ4v) is 2.60. The van der Waals surface area contributed by atoms with E-state index in [1.165, 1.54) is 12.8 Å². The van der Waals surface area contributed by atoms with Gasteiger partial charge in [0.05, 0.1) is 12.6 Å². The predicted molar refractivity (Wildman–Crippen MR) is 81.9 cm³/mol. The van der Waals surface area contributed by atoms with Crippen LogP contribution in [-0.4, -0.2) is 33.3 Å². The van der Waals surface area contributed by atoms with Crippen molar-refractivity contribution in [3.05, 3.63) is 11.6 Å². The Bertz CT molecular complexity index is 471. The smallest absolute Gasteiger partial charge is 0.234 e. The lowest BCUT2D eigenvalue weighted by atomic mass is 10.2. The number of carbonyl (C=O) groups is 1. The summed E-state index contributed by atoms with van der Waals surface area (Å²) in [5.74, 6) is 1.94. The van der Waals surface area contributed by atoms with Crippen LogP contribution in [0.25, 0.3) is 0 Å². The third-order valence-electron chi connectivity index (χ3n) is 4.13. The molecule has 0 saturated heterocycles. The van der Waals surface area contributed by atoms with Gasteiger partial charge in [-0.3, -0.25) is 4.79 Å². The number of nitrogens with zero attached hydrogens (tertiary/aromatic N) is 3. The molecule has 0 aliphatic carbocycles. The van der Waals surface area contributed by atoms with Crippen LogP contribution in [0, 0.1) is 0 Å². The quantitative estimate of drug-likeness (QED) is 0.835. The van der Waals surface area contributed by atoms with Gasteiger partial charge in [-0.15, -0.1) is 10.2 Å². The van der Waals surface area contributed by atoms with Gasteiger partial charge in [-0.05, 0) is 33.1 Å². The molecule has 0 bridgehead atoms. The first kappa shape index (κ1) is 15.9. The highest BCUT2D eigenvalue weighted by molar-refractivity contribution is 5.78. The van der Waals surface area contributed by atoms with Crippen molar-refractivity contribution in [1.82, 2.24) is 25.4 Å². The van der Waals surface area contributed by atoms with Crippen molar-refractivity contribution in [2.24, 2.45) is 0 Å². The van der Waals surface area contributed by atoms with E-state index < -0.39 is 0 Å². The summed E-state index contributed by atoms with van der Waals surface area (Å²) in [5.41, 5.74) is 0. The molecule has 0 spiro atoms. The molecule has 2 N–H and O–H groups in total. The Morgan fingerprint density at radius 3 is 2.86 bits per heavy atom. The molecule has 118 valence electrons. The van der Waals surface area contributed by atoms with Crippen LogP contribution in [0.15, 0.2) is 0 Å². The summed E-state index contributed by atoms with van der Waals surface area (Å²) < 4.78 is 2.18. The second-order valence-corrected chi connectivity index (χ2v) is 5.92. The van der Waals surface area contributed by atoms with Gasteiger partial charge in [0.2, 0.25) is 5.91 Å². The van der Waals surface area contributed by atoms with Gasteiger partial charge in [0, 0.05) is 19.0 Å². The lowest BCUT2D eigenvalue weighted by Gasteiger charge is -2.16. The van der Waals surface area contributed by atoms with Crippen LogP contribution in [0.2, 0.25) is 0 Å². The van der Waals surface area contributed by atoms with Gasteiger partial charge in [-0.25, -0.2) is 0 Å². The second kappa shape index (κ2) is 7.54. The van der Waals surface area contributed by atoms with Gasteiger partial charge in [0.1, 0.15) is 5.82 Å². The molecule has 0 aromatic carbocycles. The summed E-state index contributed by atoms with van der Waals surface area (Å²) in [5, 5.41) is 14.8. The average molecular weight is 293 g/mol. The monoisotopic (exact) mass is 293 g/mol. The number of fused-ring (bicyclic) bond motifs is 1. The minimum atomic E-state index is -0.101. The molecule has 6 heteroatoms. The minimum absolute atomic E-state index is 0.00812. The molecular formula is C15H27N5O. The number of rotatable bonds is 6.